The van der Waals surface area contributed by atoms with E-state index in [0.29, 0.717) is 17.6 Å². The molecule has 30 heavy (non-hydrogen) atoms. The second-order valence-corrected chi connectivity index (χ2v) is 7.35. The second-order valence-electron chi connectivity index (χ2n) is 7.35. The summed E-state index contributed by atoms with van der Waals surface area (Å²) in [6.07, 6.45) is 4.28. The molecule has 1 aromatic heterocycles. The lowest BCUT2D eigenvalue weighted by atomic mass is 9.98. The summed E-state index contributed by atoms with van der Waals surface area (Å²) < 4.78 is 0. The van der Waals surface area contributed by atoms with Crippen molar-refractivity contribution in [1.82, 2.24) is 4.98 Å². The number of nitrogens with zero attached hydrogens (tertiary/aromatic N) is 1. The van der Waals surface area contributed by atoms with Gasteiger partial charge in [-0.05, 0) is 53.8 Å². The first-order valence-electron chi connectivity index (χ1n) is 9.43. The van der Waals surface area contributed by atoms with Gasteiger partial charge in [0.05, 0.1) is 17.8 Å². The standard InChI is InChI=1S/C24H23N3O3/c1-13(15(3)25)23(26)24(30)14(2)20-10-19-9-18(11-21(19)27-12-20)17-6-4-16(5-7-17)8-22(28)29/h4-7,9-10,12,25H,2,8,11,26H2,1,3H3,(H,28,29)/b23-13-,25-15?. The highest BCUT2D eigenvalue weighted by atomic mass is 16.4. The molecule has 0 radical (unpaired) electrons. The van der Waals surface area contributed by atoms with Crippen molar-refractivity contribution in [1.29, 1.82) is 5.41 Å². The number of nitrogens with one attached hydrogen (secondary N) is 1. The molecular weight excluding hydrogens is 378 g/mol. The molecule has 0 bridgehead atoms. The minimum atomic E-state index is -0.858. The summed E-state index contributed by atoms with van der Waals surface area (Å²) >= 11 is 0. The highest BCUT2D eigenvalue weighted by Crippen LogP contribution is 2.32. The van der Waals surface area contributed by atoms with Gasteiger partial charge in [-0.1, -0.05) is 30.8 Å². The molecule has 0 unspecified atom stereocenters. The lowest BCUT2D eigenvalue weighted by Crippen LogP contribution is -2.17. The van der Waals surface area contributed by atoms with Crippen molar-refractivity contribution in [2.24, 2.45) is 5.73 Å². The summed E-state index contributed by atoms with van der Waals surface area (Å²) in [5.41, 5.74) is 12.1. The van der Waals surface area contributed by atoms with Crippen LogP contribution in [0.25, 0.3) is 17.2 Å². The van der Waals surface area contributed by atoms with E-state index in [9.17, 15) is 9.59 Å². The fourth-order valence-corrected chi connectivity index (χ4v) is 3.23. The quantitative estimate of drug-likeness (QED) is 0.483. The molecule has 2 aromatic rings. The molecule has 6 heteroatoms. The van der Waals surface area contributed by atoms with E-state index in [0.717, 1.165) is 28.0 Å². The number of pyridine rings is 1. The number of benzene rings is 1. The normalized spacial score (nSPS) is 13.2. The van der Waals surface area contributed by atoms with Crippen molar-refractivity contribution in [3.63, 3.8) is 0 Å². The zero-order valence-corrected chi connectivity index (χ0v) is 17.0. The molecule has 4 N–H and O–H groups in total. The molecule has 1 aliphatic carbocycles. The number of fused-ring (bicyclic) bond motifs is 1. The van der Waals surface area contributed by atoms with Crippen LogP contribution in [-0.2, 0) is 22.4 Å². The SMILES string of the molecule is C=C(C(=O)/C(N)=C(\C)C(C)=N)c1cnc2c(c1)C=C(c1ccc(CC(=O)O)cc1)C2. The Kier molecular flexibility index (Phi) is 5.78. The molecule has 152 valence electrons. The molecule has 0 saturated carbocycles. The van der Waals surface area contributed by atoms with Crippen molar-refractivity contribution >= 4 is 34.7 Å². The van der Waals surface area contributed by atoms with E-state index in [-0.39, 0.29) is 23.4 Å². The smallest absolute Gasteiger partial charge is 0.307 e. The molecule has 3 rings (SSSR count). The Morgan fingerprint density at radius 1 is 1.23 bits per heavy atom. The zero-order chi connectivity index (χ0) is 22.0. The largest absolute Gasteiger partial charge is 0.481 e. The Morgan fingerprint density at radius 3 is 2.50 bits per heavy atom. The third-order valence-electron chi connectivity index (χ3n) is 5.21. The third-order valence-corrected chi connectivity index (χ3v) is 5.21. The summed E-state index contributed by atoms with van der Waals surface area (Å²) in [5.74, 6) is -1.26. The number of Topliss-reactive ketones (excluding diaryl/α,β-unsaturated/α-hetero) is 1. The van der Waals surface area contributed by atoms with Gasteiger partial charge in [0.1, 0.15) is 0 Å². The van der Waals surface area contributed by atoms with Crippen molar-refractivity contribution < 1.29 is 14.7 Å². The number of hydrogen-bond acceptors (Lipinski definition) is 5. The number of carbonyl (C=O) groups excluding carboxylic acids is 1. The van der Waals surface area contributed by atoms with Gasteiger partial charge in [-0.15, -0.1) is 0 Å². The van der Waals surface area contributed by atoms with Gasteiger partial charge < -0.3 is 16.2 Å². The van der Waals surface area contributed by atoms with Gasteiger partial charge in [-0.3, -0.25) is 14.6 Å². The van der Waals surface area contributed by atoms with Crippen molar-refractivity contribution in [3.05, 3.63) is 82.3 Å². The molecule has 1 aromatic carbocycles. The van der Waals surface area contributed by atoms with Gasteiger partial charge in [-0.2, -0.15) is 0 Å². The van der Waals surface area contributed by atoms with E-state index in [4.69, 9.17) is 16.2 Å². The van der Waals surface area contributed by atoms with Crippen LogP contribution in [0, 0.1) is 5.41 Å². The van der Waals surface area contributed by atoms with Crippen molar-refractivity contribution in [2.45, 2.75) is 26.7 Å². The molecule has 0 amide bonds. The molecule has 6 nitrogen and oxygen atoms in total. The number of carboxylic acid groups (broad SMARTS) is 1. The third kappa shape index (κ3) is 4.27. The second kappa shape index (κ2) is 8.29. The maximum Gasteiger partial charge on any atom is 0.307 e. The highest BCUT2D eigenvalue weighted by Gasteiger charge is 2.20. The van der Waals surface area contributed by atoms with Gasteiger partial charge in [0.15, 0.2) is 0 Å². The summed E-state index contributed by atoms with van der Waals surface area (Å²) in [6, 6.07) is 9.32. The van der Waals surface area contributed by atoms with Crippen LogP contribution in [0.4, 0.5) is 0 Å². The number of allylic oxidation sites excluding steroid dienone is 3. The minimum Gasteiger partial charge on any atom is -0.481 e. The van der Waals surface area contributed by atoms with E-state index >= 15 is 0 Å². The number of carboxylic acids is 1. The van der Waals surface area contributed by atoms with Gasteiger partial charge >= 0.3 is 5.97 Å². The molecule has 0 aliphatic heterocycles. The Bertz CT molecular complexity index is 1140. The number of carbonyl (C=O) groups is 2. The lowest BCUT2D eigenvalue weighted by molar-refractivity contribution is -0.136. The Balaban J connectivity index is 1.84. The lowest BCUT2D eigenvalue weighted by Gasteiger charge is -2.09. The Labute approximate surface area is 175 Å². The fourth-order valence-electron chi connectivity index (χ4n) is 3.23. The van der Waals surface area contributed by atoms with E-state index < -0.39 is 11.8 Å². The van der Waals surface area contributed by atoms with Crippen LogP contribution in [0.1, 0.15) is 41.8 Å². The van der Waals surface area contributed by atoms with Gasteiger partial charge in [0, 0.05) is 29.5 Å². The fraction of sp³-hybridized carbons (Fsp3) is 0.167. The summed E-state index contributed by atoms with van der Waals surface area (Å²) in [4.78, 5) is 27.9. The van der Waals surface area contributed by atoms with E-state index in [1.54, 1.807) is 20.0 Å². The number of ketones is 1. The maximum atomic E-state index is 12.6. The monoisotopic (exact) mass is 401 g/mol. The summed E-state index contributed by atoms with van der Waals surface area (Å²) in [6.45, 7) is 7.10. The van der Waals surface area contributed by atoms with E-state index in [1.807, 2.05) is 36.4 Å². The van der Waals surface area contributed by atoms with Crippen molar-refractivity contribution in [2.75, 3.05) is 0 Å². The Hall–Kier alpha value is -3.80. The highest BCUT2D eigenvalue weighted by molar-refractivity contribution is 6.29. The number of rotatable bonds is 7. The predicted molar refractivity (Wildman–Crippen MR) is 118 cm³/mol. The van der Waals surface area contributed by atoms with Crippen LogP contribution in [0.15, 0.2) is 54.4 Å². The first kappa shape index (κ1) is 20.9. The van der Waals surface area contributed by atoms with E-state index in [2.05, 4.69) is 11.6 Å². The van der Waals surface area contributed by atoms with E-state index in [1.165, 1.54) is 0 Å². The number of aromatic nitrogens is 1. The number of aliphatic carboxylic acids is 1. The molecule has 0 saturated heterocycles. The molecule has 0 fully saturated rings. The summed E-state index contributed by atoms with van der Waals surface area (Å²) in [5, 5.41) is 16.5. The van der Waals surface area contributed by atoms with Crippen LogP contribution >= 0.6 is 0 Å². The first-order valence-corrected chi connectivity index (χ1v) is 9.43. The topological polar surface area (TPSA) is 117 Å². The molecule has 1 heterocycles. The predicted octanol–water partition coefficient (Wildman–Crippen LogP) is 3.66. The first-order chi connectivity index (χ1) is 14.2. The van der Waals surface area contributed by atoms with Gasteiger partial charge in [-0.25, -0.2) is 0 Å². The van der Waals surface area contributed by atoms with Crippen LogP contribution in [0.5, 0.6) is 0 Å². The average Bonchev–Trinajstić information content (AvgIpc) is 3.14. The number of nitrogens with two attached hydrogens (primary N) is 1. The molecule has 0 atom stereocenters. The maximum absolute atomic E-state index is 12.6. The minimum absolute atomic E-state index is 0.00480. The number of hydrogen-bond donors (Lipinski definition) is 3. The van der Waals surface area contributed by atoms with Crippen LogP contribution < -0.4 is 5.73 Å². The van der Waals surface area contributed by atoms with Gasteiger partial charge in [0.2, 0.25) is 5.78 Å². The summed E-state index contributed by atoms with van der Waals surface area (Å²) in [7, 11) is 0. The van der Waals surface area contributed by atoms with Gasteiger partial charge in [0.25, 0.3) is 0 Å². The average molecular weight is 401 g/mol. The van der Waals surface area contributed by atoms with Crippen molar-refractivity contribution in [3.8, 4) is 0 Å². The zero-order valence-electron chi connectivity index (χ0n) is 17.0. The van der Waals surface area contributed by atoms with Crippen LogP contribution in [-0.4, -0.2) is 27.6 Å². The molecule has 1 aliphatic rings. The Morgan fingerprint density at radius 2 is 1.90 bits per heavy atom. The van der Waals surface area contributed by atoms with Crippen LogP contribution in [0.2, 0.25) is 0 Å². The van der Waals surface area contributed by atoms with Crippen LogP contribution in [0.3, 0.4) is 0 Å². The molecule has 0 spiro atoms. The molecular formula is C24H23N3O3.